The number of hydrogen-bond donors (Lipinski definition) is 3. The van der Waals surface area contributed by atoms with Crippen molar-refractivity contribution >= 4 is 27.4 Å². The second kappa shape index (κ2) is 10.6. The Morgan fingerprint density at radius 1 is 0.905 bits per heavy atom. The largest absolute Gasteiger partial charge is 0.393 e. The Bertz CT molecular complexity index is 1530. The Balaban J connectivity index is 1.33. The maximum absolute atomic E-state index is 13.1. The zero-order valence-corrected chi connectivity index (χ0v) is 24.8. The van der Waals surface area contributed by atoms with Gasteiger partial charge in [-0.1, -0.05) is 30.4 Å². The first kappa shape index (κ1) is 27.1. The molecule has 0 saturated carbocycles. The van der Waals surface area contributed by atoms with Crippen molar-refractivity contribution in [3.05, 3.63) is 60.5 Å². The van der Waals surface area contributed by atoms with E-state index in [0.717, 1.165) is 101 Å². The first-order valence-electron chi connectivity index (χ1n) is 16.7. The molecule has 2 aromatic heterocycles. The molecule has 222 valence electrons. The zero-order chi connectivity index (χ0) is 28.3. The summed E-state index contributed by atoms with van der Waals surface area (Å²) >= 11 is 0. The van der Waals surface area contributed by atoms with Crippen LogP contribution in [-0.2, 0) is 0 Å². The number of pyridine rings is 1. The summed E-state index contributed by atoms with van der Waals surface area (Å²) in [5.74, 6) is 0.349. The monoisotopic (exact) mass is 566 g/mol. The number of nitrogens with one attached hydrogen (secondary N) is 1. The molecule has 3 N–H and O–H groups in total. The Morgan fingerprint density at radius 2 is 1.81 bits per heavy atom. The van der Waals surface area contributed by atoms with Gasteiger partial charge in [0.05, 0.1) is 22.9 Å². The van der Waals surface area contributed by atoms with Crippen LogP contribution in [0.2, 0.25) is 0 Å². The van der Waals surface area contributed by atoms with E-state index in [1.54, 1.807) is 0 Å². The molecule has 42 heavy (non-hydrogen) atoms. The van der Waals surface area contributed by atoms with Gasteiger partial charge < -0.3 is 20.1 Å². The Kier molecular flexibility index (Phi) is 6.82. The van der Waals surface area contributed by atoms with E-state index in [0.29, 0.717) is 12.0 Å². The third kappa shape index (κ3) is 4.32. The van der Waals surface area contributed by atoms with Crippen molar-refractivity contribution in [2.45, 2.75) is 94.4 Å². The van der Waals surface area contributed by atoms with Gasteiger partial charge in [0.25, 0.3) is 0 Å². The maximum atomic E-state index is 13.1. The summed E-state index contributed by atoms with van der Waals surface area (Å²) in [6, 6.07) is 11.2. The highest BCUT2D eigenvalue weighted by Crippen LogP contribution is 2.62. The molecule has 3 aromatic rings. The second-order valence-corrected chi connectivity index (χ2v) is 14.1. The van der Waals surface area contributed by atoms with E-state index in [1.165, 1.54) is 29.2 Å². The number of aliphatic hydroxyl groups is 2. The third-order valence-corrected chi connectivity index (χ3v) is 11.6. The molecule has 4 aliphatic heterocycles. The van der Waals surface area contributed by atoms with E-state index in [2.05, 4.69) is 63.3 Å². The van der Waals surface area contributed by atoms with Crippen LogP contribution in [0.3, 0.4) is 0 Å². The Labute approximate surface area is 249 Å². The summed E-state index contributed by atoms with van der Waals surface area (Å²) in [6.45, 7) is 4.27. The number of allylic oxidation sites excluding steroid dienone is 3. The first-order chi connectivity index (χ1) is 20.6. The number of rotatable bonds is 1. The molecule has 0 amide bonds. The number of H-pyrrole nitrogens is 1. The zero-order valence-electron chi connectivity index (χ0n) is 24.8. The normalized spacial score (nSPS) is 38.4. The van der Waals surface area contributed by atoms with E-state index < -0.39 is 5.60 Å². The van der Waals surface area contributed by atoms with E-state index in [1.807, 2.05) is 6.20 Å². The van der Waals surface area contributed by atoms with Crippen LogP contribution in [0, 0.1) is 11.3 Å². The maximum Gasteiger partial charge on any atom is 0.0997 e. The molecule has 1 unspecified atom stereocenters. The van der Waals surface area contributed by atoms with E-state index >= 15 is 0 Å². The number of aromatic amines is 1. The average Bonchev–Trinajstić information content (AvgIpc) is 3.51. The molecular formula is C36H46N4O2. The molecule has 3 saturated heterocycles. The van der Waals surface area contributed by atoms with Gasteiger partial charge in [-0.2, -0.15) is 0 Å². The molecule has 6 heteroatoms. The third-order valence-electron chi connectivity index (χ3n) is 11.6. The summed E-state index contributed by atoms with van der Waals surface area (Å²) in [7, 11) is 0. The molecule has 6 nitrogen and oxygen atoms in total. The van der Waals surface area contributed by atoms with E-state index in [9.17, 15) is 10.2 Å². The molecule has 3 fully saturated rings. The molecule has 3 bridgehead atoms. The number of piperidine rings is 1. The SMILES string of the molecule is O[C@@H]1CCCN2[C@@H](CC1)C[C@]13CN4CCCC/C=C\CC[C@](O)(C=C(c5nccc6c5[nH]c5ccccc56)[C@@H]1CC4)[C@H]23. The Hall–Kier alpha value is -2.51. The molecule has 1 spiro atoms. The predicted octanol–water partition coefficient (Wildman–Crippen LogP) is 6.05. The summed E-state index contributed by atoms with van der Waals surface area (Å²) in [5.41, 5.74) is 3.57. The van der Waals surface area contributed by atoms with Gasteiger partial charge in [-0.3, -0.25) is 9.88 Å². The topological polar surface area (TPSA) is 75.6 Å². The van der Waals surface area contributed by atoms with Gasteiger partial charge >= 0.3 is 0 Å². The fraction of sp³-hybridized carbons (Fsp3) is 0.583. The van der Waals surface area contributed by atoms with E-state index in [-0.39, 0.29) is 17.6 Å². The number of aliphatic hydroxyl groups excluding tert-OH is 1. The summed E-state index contributed by atoms with van der Waals surface area (Å²) in [4.78, 5) is 14.3. The van der Waals surface area contributed by atoms with Gasteiger partial charge in [0.2, 0.25) is 0 Å². The predicted molar refractivity (Wildman–Crippen MR) is 169 cm³/mol. The summed E-state index contributed by atoms with van der Waals surface area (Å²) in [6.07, 6.45) is 20.0. The molecule has 7 atom stereocenters. The van der Waals surface area contributed by atoms with Crippen molar-refractivity contribution in [1.29, 1.82) is 0 Å². The highest BCUT2D eigenvalue weighted by atomic mass is 16.3. The van der Waals surface area contributed by atoms with Crippen molar-refractivity contribution in [2.24, 2.45) is 11.3 Å². The quantitative estimate of drug-likeness (QED) is 0.313. The number of para-hydroxylation sites is 1. The number of aromatic nitrogens is 2. The van der Waals surface area contributed by atoms with Crippen LogP contribution in [0.4, 0.5) is 0 Å². The summed E-state index contributed by atoms with van der Waals surface area (Å²) < 4.78 is 0. The van der Waals surface area contributed by atoms with Crippen LogP contribution in [0.5, 0.6) is 0 Å². The molecule has 1 aliphatic carbocycles. The number of fused-ring (bicyclic) bond motifs is 5. The Morgan fingerprint density at radius 3 is 2.76 bits per heavy atom. The fourth-order valence-corrected chi connectivity index (χ4v) is 9.99. The van der Waals surface area contributed by atoms with Gasteiger partial charge in [-0.05, 0) is 120 Å². The van der Waals surface area contributed by atoms with Gasteiger partial charge in [0, 0.05) is 46.5 Å². The molecule has 8 rings (SSSR count). The van der Waals surface area contributed by atoms with Crippen molar-refractivity contribution in [3.63, 3.8) is 0 Å². The summed E-state index contributed by atoms with van der Waals surface area (Å²) in [5, 5.41) is 26.2. The first-order valence-corrected chi connectivity index (χ1v) is 16.7. The molecule has 5 aliphatic rings. The lowest BCUT2D eigenvalue weighted by molar-refractivity contribution is -0.0918. The lowest BCUT2D eigenvalue weighted by Crippen LogP contribution is -2.65. The lowest BCUT2D eigenvalue weighted by atomic mass is 9.54. The standard InChI is InChI=1S/C36H46N4O2/c41-26-10-9-20-40-25(13-14-26)22-35-24-39-19-8-4-2-1-3-7-17-36(42,34(35)40)23-29(30(35)16-21-39)32-33-28(15-18-37-32)27-11-5-6-12-31(27)38-33/h1,3,5-6,11-12,15,18,23,25-26,30,34,38,41-42H,2,4,7-10,13-14,16-17,19-22,24H2/b3-1-/t25-,26+,30-,34+,35-,36-/m0/s1. The van der Waals surface area contributed by atoms with E-state index in [4.69, 9.17) is 4.98 Å². The lowest BCUT2D eigenvalue weighted by Gasteiger charge is -2.58. The molecular weight excluding hydrogens is 520 g/mol. The highest BCUT2D eigenvalue weighted by molar-refractivity contribution is 6.09. The van der Waals surface area contributed by atoms with Crippen molar-refractivity contribution < 1.29 is 10.2 Å². The highest BCUT2D eigenvalue weighted by Gasteiger charge is 2.66. The minimum atomic E-state index is -0.935. The average molecular weight is 567 g/mol. The molecule has 0 radical (unpaired) electrons. The minimum absolute atomic E-state index is 0.0370. The van der Waals surface area contributed by atoms with Crippen LogP contribution >= 0.6 is 0 Å². The van der Waals surface area contributed by atoms with Crippen LogP contribution in [0.25, 0.3) is 27.4 Å². The second-order valence-electron chi connectivity index (χ2n) is 14.1. The van der Waals surface area contributed by atoms with Crippen LogP contribution in [-0.4, -0.2) is 79.9 Å². The number of benzene rings is 1. The molecule has 6 heterocycles. The van der Waals surface area contributed by atoms with Crippen molar-refractivity contribution in [2.75, 3.05) is 26.2 Å². The van der Waals surface area contributed by atoms with Gasteiger partial charge in [0.1, 0.15) is 0 Å². The van der Waals surface area contributed by atoms with Crippen LogP contribution < -0.4 is 0 Å². The van der Waals surface area contributed by atoms with Crippen LogP contribution in [0.15, 0.2) is 54.8 Å². The fourth-order valence-electron chi connectivity index (χ4n) is 9.99. The van der Waals surface area contributed by atoms with Crippen molar-refractivity contribution in [3.8, 4) is 0 Å². The van der Waals surface area contributed by atoms with Gasteiger partial charge in [-0.15, -0.1) is 0 Å². The van der Waals surface area contributed by atoms with Crippen LogP contribution in [0.1, 0.15) is 76.3 Å². The number of hydrogen-bond acceptors (Lipinski definition) is 5. The smallest absolute Gasteiger partial charge is 0.0997 e. The minimum Gasteiger partial charge on any atom is -0.393 e. The molecule has 1 aromatic carbocycles. The van der Waals surface area contributed by atoms with Gasteiger partial charge in [-0.25, -0.2) is 0 Å². The van der Waals surface area contributed by atoms with Crippen molar-refractivity contribution in [1.82, 2.24) is 19.8 Å². The number of nitrogens with zero attached hydrogens (tertiary/aromatic N) is 3. The van der Waals surface area contributed by atoms with Gasteiger partial charge in [0.15, 0.2) is 0 Å².